The highest BCUT2D eigenvalue weighted by Gasteiger charge is 2.48. The molecule has 0 bridgehead atoms. The second kappa shape index (κ2) is 4.81. The van der Waals surface area contributed by atoms with Crippen LogP contribution >= 0.6 is 12.4 Å². The molecule has 2 atom stereocenters. The van der Waals surface area contributed by atoms with E-state index in [4.69, 9.17) is 10.8 Å². The van der Waals surface area contributed by atoms with E-state index in [2.05, 4.69) is 5.32 Å². The maximum atomic E-state index is 11.3. The van der Waals surface area contributed by atoms with Gasteiger partial charge in [0.05, 0.1) is 6.04 Å². The molecule has 1 fully saturated rings. The summed E-state index contributed by atoms with van der Waals surface area (Å²) in [6.07, 6.45) is 1.70. The molecule has 5 nitrogen and oxygen atoms in total. The third-order valence-corrected chi connectivity index (χ3v) is 2.63. The van der Waals surface area contributed by atoms with Gasteiger partial charge in [-0.2, -0.15) is 0 Å². The molecule has 0 aliphatic heterocycles. The minimum atomic E-state index is -1.15. The molecule has 1 unspecified atom stereocenters. The summed E-state index contributed by atoms with van der Waals surface area (Å²) in [5, 5.41) is 11.5. The zero-order valence-electron chi connectivity index (χ0n) is 8.82. The van der Waals surface area contributed by atoms with Crippen molar-refractivity contribution in [2.75, 3.05) is 0 Å². The minimum absolute atomic E-state index is 0. The lowest BCUT2D eigenvalue weighted by molar-refractivity contribution is -0.148. The van der Waals surface area contributed by atoms with Crippen LogP contribution in [0.3, 0.4) is 0 Å². The molecule has 0 aromatic carbocycles. The first-order valence-electron chi connectivity index (χ1n) is 4.69. The van der Waals surface area contributed by atoms with Crippen LogP contribution in [0.2, 0.25) is 0 Å². The van der Waals surface area contributed by atoms with E-state index in [1.165, 1.54) is 13.8 Å². The SMILES string of the molecule is C[C@H](N)C(=O)NC(C)(C(=O)O)C1CC1.Cl. The molecule has 0 saturated heterocycles. The molecule has 1 rings (SSSR count). The molecule has 6 heteroatoms. The van der Waals surface area contributed by atoms with Crippen LogP contribution in [-0.4, -0.2) is 28.6 Å². The number of hydrogen-bond acceptors (Lipinski definition) is 3. The molecule has 1 aliphatic carbocycles. The van der Waals surface area contributed by atoms with Gasteiger partial charge in [0.2, 0.25) is 5.91 Å². The summed E-state index contributed by atoms with van der Waals surface area (Å²) in [6.45, 7) is 3.07. The number of carbonyl (C=O) groups excluding carboxylic acids is 1. The Morgan fingerprint density at radius 3 is 2.27 bits per heavy atom. The topological polar surface area (TPSA) is 92.4 Å². The molecule has 0 spiro atoms. The molecule has 88 valence electrons. The standard InChI is InChI=1S/C9H16N2O3.ClH/c1-5(10)7(12)11-9(2,8(13)14)6-3-4-6;/h5-6H,3-4,10H2,1-2H3,(H,11,12)(H,13,14);1H/t5-,9?;/m0./s1. The van der Waals surface area contributed by atoms with Crippen LogP contribution < -0.4 is 11.1 Å². The normalized spacial score (nSPS) is 20.7. The Morgan fingerprint density at radius 2 is 2.00 bits per heavy atom. The minimum Gasteiger partial charge on any atom is -0.480 e. The summed E-state index contributed by atoms with van der Waals surface area (Å²) in [4.78, 5) is 22.3. The third-order valence-electron chi connectivity index (χ3n) is 2.63. The lowest BCUT2D eigenvalue weighted by Crippen LogP contribution is -2.57. The van der Waals surface area contributed by atoms with Crippen LogP contribution in [0.5, 0.6) is 0 Å². The Kier molecular flexibility index (Phi) is 4.55. The highest BCUT2D eigenvalue weighted by Crippen LogP contribution is 2.39. The van der Waals surface area contributed by atoms with Crippen molar-refractivity contribution in [3.63, 3.8) is 0 Å². The quantitative estimate of drug-likeness (QED) is 0.647. The molecular formula is C9H17ClN2O3. The van der Waals surface area contributed by atoms with Gasteiger partial charge in [-0.25, -0.2) is 4.79 Å². The molecule has 0 aromatic heterocycles. The van der Waals surface area contributed by atoms with E-state index in [0.717, 1.165) is 12.8 Å². The number of halogens is 1. The Balaban J connectivity index is 0.00000196. The van der Waals surface area contributed by atoms with Crippen LogP contribution in [-0.2, 0) is 9.59 Å². The van der Waals surface area contributed by atoms with Crippen molar-refractivity contribution in [3.05, 3.63) is 0 Å². The summed E-state index contributed by atoms with van der Waals surface area (Å²) in [6, 6.07) is -0.674. The fourth-order valence-corrected chi connectivity index (χ4v) is 1.36. The van der Waals surface area contributed by atoms with Gasteiger partial charge in [0.15, 0.2) is 0 Å². The highest BCUT2D eigenvalue weighted by atomic mass is 35.5. The second-order valence-electron chi connectivity index (χ2n) is 4.06. The van der Waals surface area contributed by atoms with Gasteiger partial charge in [0, 0.05) is 0 Å². The zero-order chi connectivity index (χ0) is 10.9. The number of amides is 1. The second-order valence-corrected chi connectivity index (χ2v) is 4.06. The first-order chi connectivity index (χ1) is 6.38. The van der Waals surface area contributed by atoms with Gasteiger partial charge in [-0.1, -0.05) is 0 Å². The van der Waals surface area contributed by atoms with Gasteiger partial charge < -0.3 is 16.2 Å². The average Bonchev–Trinajstić information content (AvgIpc) is 2.85. The molecule has 4 N–H and O–H groups in total. The van der Waals surface area contributed by atoms with Crippen LogP contribution in [0.25, 0.3) is 0 Å². The van der Waals surface area contributed by atoms with Gasteiger partial charge >= 0.3 is 5.97 Å². The fourth-order valence-electron chi connectivity index (χ4n) is 1.36. The number of nitrogens with two attached hydrogens (primary N) is 1. The zero-order valence-corrected chi connectivity index (χ0v) is 9.63. The first-order valence-corrected chi connectivity index (χ1v) is 4.69. The molecule has 0 aromatic rings. The summed E-state index contributed by atoms with van der Waals surface area (Å²) >= 11 is 0. The van der Waals surface area contributed by atoms with Gasteiger partial charge in [-0.15, -0.1) is 12.4 Å². The summed E-state index contributed by atoms with van der Waals surface area (Å²) < 4.78 is 0. The Bertz CT molecular complexity index is 266. The first kappa shape index (κ1) is 14.2. The van der Waals surface area contributed by atoms with Crippen LogP contribution in [0.1, 0.15) is 26.7 Å². The molecule has 1 saturated carbocycles. The number of nitrogens with one attached hydrogen (secondary N) is 1. The number of carbonyl (C=O) groups is 2. The van der Waals surface area contributed by atoms with Gasteiger partial charge in [-0.05, 0) is 32.6 Å². The van der Waals surface area contributed by atoms with Crippen LogP contribution in [0.15, 0.2) is 0 Å². The largest absolute Gasteiger partial charge is 0.480 e. The monoisotopic (exact) mass is 236 g/mol. The molecule has 1 aliphatic rings. The number of carboxylic acid groups (broad SMARTS) is 1. The number of hydrogen-bond donors (Lipinski definition) is 3. The predicted molar refractivity (Wildman–Crippen MR) is 57.8 cm³/mol. The maximum absolute atomic E-state index is 11.3. The Hall–Kier alpha value is -0.810. The van der Waals surface area contributed by atoms with Crippen molar-refractivity contribution in [2.24, 2.45) is 11.7 Å². The van der Waals surface area contributed by atoms with Gasteiger partial charge in [0.1, 0.15) is 5.54 Å². The van der Waals surface area contributed by atoms with Crippen molar-refractivity contribution in [1.82, 2.24) is 5.32 Å². The van der Waals surface area contributed by atoms with E-state index in [0.29, 0.717) is 0 Å². The van der Waals surface area contributed by atoms with Crippen molar-refractivity contribution < 1.29 is 14.7 Å². The Morgan fingerprint density at radius 1 is 1.53 bits per heavy atom. The number of carboxylic acids is 1. The van der Waals surface area contributed by atoms with Gasteiger partial charge in [-0.3, -0.25) is 4.79 Å². The average molecular weight is 237 g/mol. The van der Waals surface area contributed by atoms with Crippen molar-refractivity contribution >= 4 is 24.3 Å². The van der Waals surface area contributed by atoms with Crippen molar-refractivity contribution in [1.29, 1.82) is 0 Å². The summed E-state index contributed by atoms with van der Waals surface area (Å²) in [7, 11) is 0. The smallest absolute Gasteiger partial charge is 0.329 e. The molecule has 0 radical (unpaired) electrons. The van der Waals surface area contributed by atoms with E-state index in [9.17, 15) is 9.59 Å². The molecular weight excluding hydrogens is 220 g/mol. The van der Waals surface area contributed by atoms with Crippen molar-refractivity contribution in [3.8, 4) is 0 Å². The maximum Gasteiger partial charge on any atom is 0.329 e. The van der Waals surface area contributed by atoms with E-state index in [-0.39, 0.29) is 18.3 Å². The molecule has 1 amide bonds. The summed E-state index contributed by atoms with van der Waals surface area (Å²) in [5.41, 5.74) is 4.21. The third kappa shape index (κ3) is 3.07. The molecule has 0 heterocycles. The van der Waals surface area contributed by atoms with Crippen molar-refractivity contribution in [2.45, 2.75) is 38.3 Å². The summed E-state index contributed by atoms with van der Waals surface area (Å²) in [5.74, 6) is -1.36. The van der Waals surface area contributed by atoms with E-state index < -0.39 is 23.5 Å². The highest BCUT2D eigenvalue weighted by molar-refractivity contribution is 5.89. The van der Waals surface area contributed by atoms with Crippen LogP contribution in [0, 0.1) is 5.92 Å². The lowest BCUT2D eigenvalue weighted by atomic mass is 9.95. The Labute approximate surface area is 94.8 Å². The van der Waals surface area contributed by atoms with Crippen LogP contribution in [0.4, 0.5) is 0 Å². The van der Waals surface area contributed by atoms with E-state index in [1.807, 2.05) is 0 Å². The number of aliphatic carboxylic acids is 1. The van der Waals surface area contributed by atoms with Gasteiger partial charge in [0.25, 0.3) is 0 Å². The predicted octanol–water partition coefficient (Wildman–Crippen LogP) is 0.125. The molecule has 15 heavy (non-hydrogen) atoms. The van der Waals surface area contributed by atoms with E-state index >= 15 is 0 Å². The lowest BCUT2D eigenvalue weighted by Gasteiger charge is -2.26. The number of rotatable bonds is 4. The van der Waals surface area contributed by atoms with E-state index in [1.54, 1.807) is 0 Å². The fraction of sp³-hybridized carbons (Fsp3) is 0.778.